The molecule has 28 heavy (non-hydrogen) atoms. The predicted molar refractivity (Wildman–Crippen MR) is 105 cm³/mol. The molecule has 0 aliphatic heterocycles. The number of rotatable bonds is 5. The molecule has 0 spiro atoms. The molecule has 1 aromatic heterocycles. The van der Waals surface area contributed by atoms with Gasteiger partial charge < -0.3 is 9.32 Å². The predicted octanol–water partition coefficient (Wildman–Crippen LogP) is 5.06. The number of amides is 1. The van der Waals surface area contributed by atoms with Crippen molar-refractivity contribution in [3.63, 3.8) is 0 Å². The second-order valence-electron chi connectivity index (χ2n) is 7.90. The first-order valence-electron chi connectivity index (χ1n) is 9.48. The minimum Gasteiger partial charge on any atom is -0.444 e. The van der Waals surface area contributed by atoms with E-state index in [1.807, 2.05) is 55.1 Å². The molecular weight excluding hydrogens is 355 g/mol. The van der Waals surface area contributed by atoms with E-state index in [1.54, 1.807) is 6.20 Å². The van der Waals surface area contributed by atoms with Crippen molar-refractivity contribution in [2.75, 3.05) is 0 Å². The molecule has 144 valence electrons. The van der Waals surface area contributed by atoms with Gasteiger partial charge in [-0.3, -0.25) is 4.79 Å². The van der Waals surface area contributed by atoms with Gasteiger partial charge in [0.1, 0.15) is 5.82 Å². The van der Waals surface area contributed by atoms with Gasteiger partial charge >= 0.3 is 0 Å². The number of aromatic nitrogens is 1. The fraction of sp³-hybridized carbons (Fsp3) is 0.304. The quantitative estimate of drug-likeness (QED) is 0.623. The number of hydrogen-bond acceptors (Lipinski definition) is 3. The lowest BCUT2D eigenvalue weighted by molar-refractivity contribution is 0.0675. The Morgan fingerprint density at radius 3 is 2.64 bits per heavy atom. The molecule has 1 heterocycles. The first kappa shape index (κ1) is 18.4. The average Bonchev–Trinajstić information content (AvgIpc) is 3.09. The molecule has 0 radical (unpaired) electrons. The molecule has 0 unspecified atom stereocenters. The van der Waals surface area contributed by atoms with Crippen molar-refractivity contribution in [3.8, 4) is 11.3 Å². The van der Waals surface area contributed by atoms with Crippen LogP contribution < -0.4 is 0 Å². The Labute approximate surface area is 164 Å². The third kappa shape index (κ3) is 3.21. The number of oxazole rings is 1. The average molecular weight is 378 g/mol. The minimum atomic E-state index is -0.245. The molecule has 1 saturated carbocycles. The maximum Gasteiger partial charge on any atom is 0.254 e. The van der Waals surface area contributed by atoms with Gasteiger partial charge in [-0.05, 0) is 50.1 Å². The summed E-state index contributed by atoms with van der Waals surface area (Å²) in [6, 6.07) is 14.2. The number of benzene rings is 2. The van der Waals surface area contributed by atoms with E-state index < -0.39 is 0 Å². The molecule has 0 bridgehead atoms. The van der Waals surface area contributed by atoms with Crippen molar-refractivity contribution in [3.05, 3.63) is 78.1 Å². The monoisotopic (exact) mass is 378 g/mol. The summed E-state index contributed by atoms with van der Waals surface area (Å²) >= 11 is 0. The van der Waals surface area contributed by atoms with E-state index in [-0.39, 0.29) is 29.2 Å². The Kier molecular flexibility index (Phi) is 4.53. The zero-order valence-corrected chi connectivity index (χ0v) is 16.2. The van der Waals surface area contributed by atoms with Gasteiger partial charge in [-0.1, -0.05) is 31.2 Å². The lowest BCUT2D eigenvalue weighted by Gasteiger charge is -2.30. The summed E-state index contributed by atoms with van der Waals surface area (Å²) in [6.45, 7) is 6.20. The van der Waals surface area contributed by atoms with Crippen LogP contribution in [0.5, 0.6) is 0 Å². The highest BCUT2D eigenvalue weighted by Gasteiger charge is 2.56. The number of halogens is 1. The van der Waals surface area contributed by atoms with E-state index in [4.69, 9.17) is 4.42 Å². The second-order valence-corrected chi connectivity index (χ2v) is 7.90. The maximum atomic E-state index is 13.4. The van der Waals surface area contributed by atoms with Crippen molar-refractivity contribution in [2.24, 2.45) is 0 Å². The van der Waals surface area contributed by atoms with E-state index in [0.29, 0.717) is 11.3 Å². The molecule has 1 fully saturated rings. The van der Waals surface area contributed by atoms with Crippen molar-refractivity contribution >= 4 is 5.91 Å². The molecule has 2 aromatic carbocycles. The summed E-state index contributed by atoms with van der Waals surface area (Å²) in [5.41, 5.74) is 2.35. The largest absolute Gasteiger partial charge is 0.444 e. The van der Waals surface area contributed by atoms with E-state index in [0.717, 1.165) is 17.5 Å². The zero-order chi connectivity index (χ0) is 19.9. The van der Waals surface area contributed by atoms with E-state index in [9.17, 15) is 9.18 Å². The van der Waals surface area contributed by atoms with Gasteiger partial charge in [0.25, 0.3) is 5.91 Å². The van der Waals surface area contributed by atoms with Gasteiger partial charge in [-0.15, -0.1) is 0 Å². The fourth-order valence-corrected chi connectivity index (χ4v) is 3.94. The van der Waals surface area contributed by atoms with Gasteiger partial charge in [0.05, 0.1) is 6.20 Å². The van der Waals surface area contributed by atoms with Crippen molar-refractivity contribution in [1.29, 1.82) is 0 Å². The van der Waals surface area contributed by atoms with Crippen LogP contribution in [-0.4, -0.2) is 27.9 Å². The van der Waals surface area contributed by atoms with Crippen LogP contribution in [0.1, 0.15) is 43.1 Å². The standard InChI is InChI=1S/C23H23FN2O2/c1-15(2)26(21-12-23(21,3)18-7-9-19(24)10-8-18)22(27)17-6-4-5-16(11-17)20-13-25-14-28-20/h4-11,13-15,21H,12H2,1-3H3/t21-,23+/m1/s1. The lowest BCUT2D eigenvalue weighted by atomic mass is 9.96. The Bertz CT molecular complexity index is 982. The topological polar surface area (TPSA) is 46.3 Å². The number of carbonyl (C=O) groups excluding carboxylic acids is 1. The molecule has 4 nitrogen and oxygen atoms in total. The Morgan fingerprint density at radius 1 is 1.25 bits per heavy atom. The van der Waals surface area contributed by atoms with Crippen LogP contribution in [0.15, 0.2) is 65.5 Å². The zero-order valence-electron chi connectivity index (χ0n) is 16.2. The molecule has 2 atom stereocenters. The van der Waals surface area contributed by atoms with Gasteiger partial charge in [0.15, 0.2) is 12.2 Å². The second kappa shape index (κ2) is 6.89. The molecule has 5 heteroatoms. The first-order valence-corrected chi connectivity index (χ1v) is 9.48. The molecule has 0 N–H and O–H groups in total. The molecule has 0 saturated heterocycles. The SMILES string of the molecule is CC(C)N(C(=O)c1cccc(-c2cnco2)c1)[C@@H]1C[C@@]1(C)c1ccc(F)cc1. The molecule has 3 aromatic rings. The summed E-state index contributed by atoms with van der Waals surface area (Å²) < 4.78 is 18.7. The summed E-state index contributed by atoms with van der Waals surface area (Å²) in [5.74, 6) is 0.381. The molecule has 1 aliphatic rings. The molecule has 1 amide bonds. The highest BCUT2D eigenvalue weighted by atomic mass is 19.1. The van der Waals surface area contributed by atoms with Gasteiger partial charge in [0, 0.05) is 28.6 Å². The maximum absolute atomic E-state index is 13.4. The Balaban J connectivity index is 1.62. The summed E-state index contributed by atoms with van der Waals surface area (Å²) in [6.07, 6.45) is 3.88. The molecule has 1 aliphatic carbocycles. The fourth-order valence-electron chi connectivity index (χ4n) is 3.94. The van der Waals surface area contributed by atoms with Crippen LogP contribution >= 0.6 is 0 Å². The number of carbonyl (C=O) groups is 1. The Hall–Kier alpha value is -2.95. The van der Waals surface area contributed by atoms with Crippen LogP contribution in [0.25, 0.3) is 11.3 Å². The third-order valence-corrected chi connectivity index (χ3v) is 5.65. The third-order valence-electron chi connectivity index (χ3n) is 5.65. The van der Waals surface area contributed by atoms with Gasteiger partial charge in [-0.2, -0.15) is 0 Å². The van der Waals surface area contributed by atoms with Crippen LogP contribution in [-0.2, 0) is 5.41 Å². The summed E-state index contributed by atoms with van der Waals surface area (Å²) in [5, 5.41) is 0. The highest BCUT2D eigenvalue weighted by Crippen LogP contribution is 2.52. The van der Waals surface area contributed by atoms with Crippen LogP contribution in [0, 0.1) is 5.82 Å². The van der Waals surface area contributed by atoms with Crippen LogP contribution in [0.2, 0.25) is 0 Å². The van der Waals surface area contributed by atoms with Gasteiger partial charge in [-0.25, -0.2) is 9.37 Å². The van der Waals surface area contributed by atoms with Gasteiger partial charge in [0.2, 0.25) is 0 Å². The van der Waals surface area contributed by atoms with Crippen LogP contribution in [0.3, 0.4) is 0 Å². The Morgan fingerprint density at radius 2 is 2.00 bits per heavy atom. The number of hydrogen-bond donors (Lipinski definition) is 0. The van der Waals surface area contributed by atoms with Crippen molar-refractivity contribution < 1.29 is 13.6 Å². The smallest absolute Gasteiger partial charge is 0.254 e. The van der Waals surface area contributed by atoms with E-state index in [1.165, 1.54) is 18.5 Å². The lowest BCUT2D eigenvalue weighted by Crippen LogP contribution is -2.41. The summed E-state index contributed by atoms with van der Waals surface area (Å²) in [4.78, 5) is 19.3. The molecular formula is C23H23FN2O2. The van der Waals surface area contributed by atoms with Crippen molar-refractivity contribution in [2.45, 2.75) is 44.7 Å². The minimum absolute atomic E-state index is 0.00722. The molecule has 4 rings (SSSR count). The van der Waals surface area contributed by atoms with E-state index >= 15 is 0 Å². The first-order chi connectivity index (χ1) is 13.4. The summed E-state index contributed by atoms with van der Waals surface area (Å²) in [7, 11) is 0. The van der Waals surface area contributed by atoms with Crippen LogP contribution in [0.4, 0.5) is 4.39 Å². The van der Waals surface area contributed by atoms with Crippen molar-refractivity contribution in [1.82, 2.24) is 9.88 Å². The normalized spacial score (nSPS) is 21.0. The van der Waals surface area contributed by atoms with E-state index in [2.05, 4.69) is 11.9 Å². The number of nitrogens with zero attached hydrogens (tertiary/aromatic N) is 2. The highest BCUT2D eigenvalue weighted by molar-refractivity contribution is 5.96.